The molecule has 0 fully saturated rings. The van der Waals surface area contributed by atoms with Crippen molar-refractivity contribution in [3.05, 3.63) is 35.4 Å². The van der Waals surface area contributed by atoms with E-state index in [1.165, 1.54) is 5.56 Å². The monoisotopic (exact) mass is 329 g/mol. The molecule has 0 bridgehead atoms. The van der Waals surface area contributed by atoms with E-state index in [0.717, 1.165) is 18.4 Å². The van der Waals surface area contributed by atoms with Gasteiger partial charge in [0, 0.05) is 6.42 Å². The molecular formula is C16H18F3NO3. The van der Waals surface area contributed by atoms with E-state index in [0.29, 0.717) is 6.42 Å². The Labute approximate surface area is 131 Å². The van der Waals surface area contributed by atoms with Crippen LogP contribution in [0.25, 0.3) is 0 Å². The van der Waals surface area contributed by atoms with Crippen LogP contribution in [0.15, 0.2) is 24.3 Å². The molecule has 2 unspecified atom stereocenters. The number of carboxylic acid groups (broad SMARTS) is 1. The summed E-state index contributed by atoms with van der Waals surface area (Å²) in [6.45, 7) is 0. The van der Waals surface area contributed by atoms with E-state index < -0.39 is 30.5 Å². The van der Waals surface area contributed by atoms with E-state index >= 15 is 0 Å². The largest absolute Gasteiger partial charge is 0.480 e. The lowest BCUT2D eigenvalue weighted by Gasteiger charge is -2.25. The lowest BCUT2D eigenvalue weighted by molar-refractivity contribution is -0.160. The molecule has 4 nitrogen and oxygen atoms in total. The fraction of sp³-hybridized carbons (Fsp3) is 0.500. The summed E-state index contributed by atoms with van der Waals surface area (Å²) in [5, 5.41) is 10.8. The smallest absolute Gasteiger partial charge is 0.391 e. The van der Waals surface area contributed by atoms with Crippen molar-refractivity contribution in [2.75, 3.05) is 0 Å². The lowest BCUT2D eigenvalue weighted by Crippen LogP contribution is -2.44. The average Bonchev–Trinajstić information content (AvgIpc) is 2.45. The van der Waals surface area contributed by atoms with Gasteiger partial charge >= 0.3 is 12.1 Å². The Balaban J connectivity index is 1.90. The highest BCUT2D eigenvalue weighted by Gasteiger charge is 2.36. The van der Waals surface area contributed by atoms with Gasteiger partial charge < -0.3 is 10.4 Å². The van der Waals surface area contributed by atoms with Crippen LogP contribution in [-0.4, -0.2) is 29.2 Å². The molecule has 2 N–H and O–H groups in total. The second-order valence-corrected chi connectivity index (χ2v) is 5.86. The molecule has 0 saturated carbocycles. The molecule has 7 heteroatoms. The number of nitrogens with one attached hydrogen (secondary N) is 1. The number of hydrogen-bond acceptors (Lipinski definition) is 2. The predicted molar refractivity (Wildman–Crippen MR) is 76.8 cm³/mol. The summed E-state index contributed by atoms with van der Waals surface area (Å²) in [4.78, 5) is 22.7. The number of aryl methyl sites for hydroxylation is 1. The summed E-state index contributed by atoms with van der Waals surface area (Å²) in [7, 11) is 0. The van der Waals surface area contributed by atoms with E-state index in [4.69, 9.17) is 5.11 Å². The van der Waals surface area contributed by atoms with Crippen molar-refractivity contribution < 1.29 is 27.9 Å². The number of hydrogen-bond donors (Lipinski definition) is 2. The lowest BCUT2D eigenvalue weighted by atomic mass is 9.82. The molecule has 1 aromatic carbocycles. The molecule has 2 atom stereocenters. The number of carboxylic acids is 1. The van der Waals surface area contributed by atoms with Crippen molar-refractivity contribution in [1.29, 1.82) is 0 Å². The van der Waals surface area contributed by atoms with Gasteiger partial charge in [0.25, 0.3) is 0 Å². The molecule has 0 aromatic heterocycles. The van der Waals surface area contributed by atoms with E-state index in [1.54, 1.807) is 0 Å². The van der Waals surface area contributed by atoms with Crippen LogP contribution in [0.1, 0.15) is 30.4 Å². The van der Waals surface area contributed by atoms with Gasteiger partial charge in [-0.3, -0.25) is 4.79 Å². The number of benzene rings is 1. The second kappa shape index (κ2) is 7.02. The maximum Gasteiger partial charge on any atom is 0.391 e. The zero-order chi connectivity index (χ0) is 17.0. The summed E-state index contributed by atoms with van der Waals surface area (Å²) in [5.74, 6) is -2.30. The predicted octanol–water partition coefficient (Wildman–Crippen LogP) is 2.70. The first-order valence-corrected chi connectivity index (χ1v) is 7.40. The number of aliphatic carboxylic acids is 1. The van der Waals surface area contributed by atoms with E-state index in [9.17, 15) is 22.8 Å². The standard InChI is InChI=1S/C16H18F3NO3/c17-16(18,19)9-13(15(22)23)20-14(21)8-10-5-6-11-3-1-2-4-12(11)7-10/h1-4,10,13H,5-9H2,(H,20,21)(H,22,23). The molecule has 0 saturated heterocycles. The van der Waals surface area contributed by atoms with E-state index in [2.05, 4.69) is 0 Å². The Morgan fingerprint density at radius 2 is 1.91 bits per heavy atom. The van der Waals surface area contributed by atoms with Crippen LogP contribution in [-0.2, 0) is 22.4 Å². The maximum absolute atomic E-state index is 12.3. The van der Waals surface area contributed by atoms with Crippen LogP contribution in [0.4, 0.5) is 13.2 Å². The molecule has 126 valence electrons. The van der Waals surface area contributed by atoms with Gasteiger partial charge in [0.1, 0.15) is 6.04 Å². The van der Waals surface area contributed by atoms with E-state index in [1.807, 2.05) is 29.6 Å². The third-order valence-electron chi connectivity index (χ3n) is 3.99. The highest BCUT2D eigenvalue weighted by molar-refractivity contribution is 5.83. The quantitative estimate of drug-likeness (QED) is 0.873. The minimum Gasteiger partial charge on any atom is -0.480 e. The molecule has 0 aliphatic heterocycles. The van der Waals surface area contributed by atoms with Crippen molar-refractivity contribution in [1.82, 2.24) is 5.32 Å². The fourth-order valence-electron chi connectivity index (χ4n) is 2.89. The summed E-state index contributed by atoms with van der Waals surface area (Å²) >= 11 is 0. The molecular weight excluding hydrogens is 311 g/mol. The van der Waals surface area contributed by atoms with Crippen LogP contribution in [0.2, 0.25) is 0 Å². The van der Waals surface area contributed by atoms with Crippen LogP contribution in [0, 0.1) is 5.92 Å². The Morgan fingerprint density at radius 3 is 2.52 bits per heavy atom. The number of fused-ring (bicyclic) bond motifs is 1. The van der Waals surface area contributed by atoms with Gasteiger partial charge in [-0.15, -0.1) is 0 Å². The SMILES string of the molecule is O=C(CC1CCc2ccccc2C1)NC(CC(F)(F)F)C(=O)O. The average molecular weight is 329 g/mol. The van der Waals surface area contributed by atoms with Gasteiger partial charge in [0.15, 0.2) is 0 Å². The Morgan fingerprint density at radius 1 is 1.26 bits per heavy atom. The molecule has 0 heterocycles. The Kier molecular flexibility index (Phi) is 5.28. The summed E-state index contributed by atoms with van der Waals surface area (Å²) in [6.07, 6.45) is -3.90. The van der Waals surface area contributed by atoms with Crippen molar-refractivity contribution in [2.24, 2.45) is 5.92 Å². The van der Waals surface area contributed by atoms with Gasteiger partial charge in [-0.2, -0.15) is 13.2 Å². The van der Waals surface area contributed by atoms with Gasteiger partial charge in [-0.25, -0.2) is 4.79 Å². The zero-order valence-electron chi connectivity index (χ0n) is 12.4. The molecule has 23 heavy (non-hydrogen) atoms. The molecule has 0 radical (unpaired) electrons. The van der Waals surface area contributed by atoms with E-state index in [-0.39, 0.29) is 12.3 Å². The number of rotatable bonds is 5. The number of amides is 1. The van der Waals surface area contributed by atoms with Crippen molar-refractivity contribution in [3.8, 4) is 0 Å². The minimum atomic E-state index is -4.64. The van der Waals surface area contributed by atoms with Crippen LogP contribution < -0.4 is 5.32 Å². The molecule has 2 rings (SSSR count). The molecule has 0 spiro atoms. The minimum absolute atomic E-state index is 0.0187. The number of alkyl halides is 3. The van der Waals surface area contributed by atoms with Crippen LogP contribution >= 0.6 is 0 Å². The molecule has 1 aromatic rings. The van der Waals surface area contributed by atoms with Gasteiger partial charge in [-0.05, 0) is 36.3 Å². The first-order chi connectivity index (χ1) is 10.7. The van der Waals surface area contributed by atoms with Crippen LogP contribution in [0.3, 0.4) is 0 Å². The summed E-state index contributed by atoms with van der Waals surface area (Å²) in [5.41, 5.74) is 2.37. The summed E-state index contributed by atoms with van der Waals surface area (Å²) < 4.78 is 37.0. The fourth-order valence-corrected chi connectivity index (χ4v) is 2.89. The highest BCUT2D eigenvalue weighted by Crippen LogP contribution is 2.27. The third-order valence-corrected chi connectivity index (χ3v) is 3.99. The van der Waals surface area contributed by atoms with Crippen LogP contribution in [0.5, 0.6) is 0 Å². The molecule has 1 aliphatic carbocycles. The molecule has 1 aliphatic rings. The molecule has 1 amide bonds. The van der Waals surface area contributed by atoms with Gasteiger partial charge in [-0.1, -0.05) is 24.3 Å². The normalized spacial score (nSPS) is 18.8. The first-order valence-electron chi connectivity index (χ1n) is 7.40. The highest BCUT2D eigenvalue weighted by atomic mass is 19.4. The van der Waals surface area contributed by atoms with Gasteiger partial charge in [0.05, 0.1) is 6.42 Å². The van der Waals surface area contributed by atoms with Crippen molar-refractivity contribution in [3.63, 3.8) is 0 Å². The first kappa shape index (κ1) is 17.3. The number of carbonyl (C=O) groups is 2. The van der Waals surface area contributed by atoms with Gasteiger partial charge in [0.2, 0.25) is 5.91 Å². The van der Waals surface area contributed by atoms with Crippen molar-refractivity contribution >= 4 is 11.9 Å². The Bertz CT molecular complexity index is 586. The number of halogens is 3. The number of carbonyl (C=O) groups excluding carboxylic acids is 1. The van der Waals surface area contributed by atoms with Crippen molar-refractivity contribution in [2.45, 2.75) is 44.3 Å². The topological polar surface area (TPSA) is 66.4 Å². The maximum atomic E-state index is 12.3. The Hall–Kier alpha value is -2.05. The second-order valence-electron chi connectivity index (χ2n) is 5.86. The zero-order valence-corrected chi connectivity index (χ0v) is 12.4. The third kappa shape index (κ3) is 5.26. The summed E-state index contributed by atoms with van der Waals surface area (Å²) in [6, 6.07) is 5.92.